The molecule has 0 aromatic heterocycles. The smallest absolute Gasteiger partial charge is 0.0781 e. The van der Waals surface area contributed by atoms with E-state index in [4.69, 9.17) is 0 Å². The molecule has 5 aromatic rings. The summed E-state index contributed by atoms with van der Waals surface area (Å²) in [5, 5.41) is 10.8. The SMILES string of the molecule is C1=Nc2c3c(ccc2=C1)=c1ccccc1=C3.c1ccc2c(c1)ccc1c3c(ccc12)CCCC3. The van der Waals surface area contributed by atoms with Gasteiger partial charge in [0.25, 0.3) is 0 Å². The molecule has 3 aliphatic rings. The standard InChI is InChI=1S/C18H16.C15H9N/c1-3-7-15-13(5-1)9-11-18-16-8-4-2-6-14(16)10-12-17(15)18;1-2-4-12-11(3-1)9-14-13(12)6-5-10-7-8-16-15(10)14/h1,3,5,7,9-12H,2,4,6,8H2;1-9H. The summed E-state index contributed by atoms with van der Waals surface area (Å²) in [6.45, 7) is 0. The van der Waals surface area contributed by atoms with Crippen LogP contribution in [0.25, 0.3) is 33.7 Å². The summed E-state index contributed by atoms with van der Waals surface area (Å²) in [4.78, 5) is 4.44. The summed E-state index contributed by atoms with van der Waals surface area (Å²) in [6.07, 6.45) is 11.4. The summed E-state index contributed by atoms with van der Waals surface area (Å²) < 4.78 is 0. The molecule has 0 N–H and O–H groups in total. The number of benzene rings is 5. The van der Waals surface area contributed by atoms with Crippen molar-refractivity contribution in [2.45, 2.75) is 25.7 Å². The Kier molecular flexibility index (Phi) is 4.48. The minimum absolute atomic E-state index is 1.12. The van der Waals surface area contributed by atoms with Gasteiger partial charge in [-0.05, 0) is 86.2 Å². The third-order valence-electron chi connectivity index (χ3n) is 7.51. The highest BCUT2D eigenvalue weighted by molar-refractivity contribution is 6.08. The molecule has 0 amide bonds. The highest BCUT2D eigenvalue weighted by Crippen LogP contribution is 2.33. The van der Waals surface area contributed by atoms with E-state index in [1.807, 2.05) is 6.21 Å². The van der Waals surface area contributed by atoms with Crippen molar-refractivity contribution in [3.63, 3.8) is 0 Å². The monoisotopic (exact) mass is 435 g/mol. The van der Waals surface area contributed by atoms with Gasteiger partial charge in [0.15, 0.2) is 0 Å². The minimum Gasteiger partial charge on any atom is -0.256 e. The molecule has 0 fully saturated rings. The molecule has 2 aliphatic carbocycles. The molecule has 0 saturated heterocycles. The van der Waals surface area contributed by atoms with E-state index in [-0.39, 0.29) is 0 Å². The number of aryl methyl sites for hydroxylation is 2. The van der Waals surface area contributed by atoms with Gasteiger partial charge in [0.2, 0.25) is 0 Å². The fourth-order valence-electron chi connectivity index (χ4n) is 5.84. The second-order valence-corrected chi connectivity index (χ2v) is 9.43. The van der Waals surface area contributed by atoms with Crippen LogP contribution in [0.1, 0.15) is 29.5 Å². The van der Waals surface area contributed by atoms with Crippen molar-refractivity contribution in [1.29, 1.82) is 0 Å². The molecule has 0 radical (unpaired) electrons. The fourth-order valence-corrected chi connectivity index (χ4v) is 5.84. The predicted molar refractivity (Wildman–Crippen MR) is 144 cm³/mol. The second-order valence-electron chi connectivity index (χ2n) is 9.43. The Balaban J connectivity index is 0.000000118. The zero-order valence-electron chi connectivity index (χ0n) is 19.1. The summed E-state index contributed by atoms with van der Waals surface area (Å²) in [5.74, 6) is 0. The van der Waals surface area contributed by atoms with Crippen molar-refractivity contribution >= 4 is 45.6 Å². The first-order chi connectivity index (χ1) is 16.9. The van der Waals surface area contributed by atoms with Crippen molar-refractivity contribution in [3.8, 4) is 0 Å². The van der Waals surface area contributed by atoms with Gasteiger partial charge in [-0.15, -0.1) is 0 Å². The maximum atomic E-state index is 4.44. The van der Waals surface area contributed by atoms with E-state index < -0.39 is 0 Å². The van der Waals surface area contributed by atoms with E-state index in [1.165, 1.54) is 73.7 Å². The lowest BCUT2D eigenvalue weighted by Gasteiger charge is -2.18. The summed E-state index contributed by atoms with van der Waals surface area (Å²) in [5.41, 5.74) is 5.56. The molecule has 162 valence electrons. The van der Waals surface area contributed by atoms with Gasteiger partial charge in [0, 0.05) is 17.0 Å². The van der Waals surface area contributed by atoms with Gasteiger partial charge in [-0.3, -0.25) is 4.99 Å². The minimum atomic E-state index is 1.12. The Morgan fingerprint density at radius 3 is 2.44 bits per heavy atom. The molecule has 0 bridgehead atoms. The van der Waals surface area contributed by atoms with Gasteiger partial charge in [0.1, 0.15) is 0 Å². The molecule has 8 rings (SSSR count). The summed E-state index contributed by atoms with van der Waals surface area (Å²) in [6, 6.07) is 30.8. The third-order valence-corrected chi connectivity index (χ3v) is 7.51. The maximum Gasteiger partial charge on any atom is 0.0781 e. The van der Waals surface area contributed by atoms with Crippen molar-refractivity contribution in [2.24, 2.45) is 4.99 Å². The van der Waals surface area contributed by atoms with E-state index in [1.54, 1.807) is 11.1 Å². The average molecular weight is 436 g/mol. The quantitative estimate of drug-likeness (QED) is 0.242. The highest BCUT2D eigenvalue weighted by Gasteiger charge is 2.13. The highest BCUT2D eigenvalue weighted by atomic mass is 14.7. The van der Waals surface area contributed by atoms with Crippen LogP contribution in [0.3, 0.4) is 0 Å². The lowest BCUT2D eigenvalue weighted by molar-refractivity contribution is 0.690. The molecule has 34 heavy (non-hydrogen) atoms. The van der Waals surface area contributed by atoms with E-state index in [2.05, 4.69) is 102 Å². The van der Waals surface area contributed by atoms with Crippen LogP contribution < -0.4 is 10.4 Å². The number of fused-ring (bicyclic) bond motifs is 9. The largest absolute Gasteiger partial charge is 0.256 e. The van der Waals surface area contributed by atoms with Gasteiger partial charge in [-0.25, -0.2) is 0 Å². The molecule has 0 spiro atoms. The summed E-state index contributed by atoms with van der Waals surface area (Å²) >= 11 is 0. The van der Waals surface area contributed by atoms with Crippen molar-refractivity contribution in [1.82, 2.24) is 0 Å². The van der Waals surface area contributed by atoms with Crippen LogP contribution in [-0.2, 0) is 12.8 Å². The number of hydrogen-bond donors (Lipinski definition) is 0. The van der Waals surface area contributed by atoms with E-state index >= 15 is 0 Å². The molecule has 1 heterocycles. The Morgan fingerprint density at radius 1 is 0.588 bits per heavy atom. The lowest BCUT2D eigenvalue weighted by Crippen LogP contribution is -2.02. The number of hydrogen-bond acceptors (Lipinski definition) is 1. The third kappa shape index (κ3) is 3.04. The van der Waals surface area contributed by atoms with Crippen LogP contribution in [0.4, 0.5) is 5.69 Å². The van der Waals surface area contributed by atoms with Crippen LogP contribution in [0.2, 0.25) is 0 Å². The molecule has 5 aromatic carbocycles. The Bertz CT molecular complexity index is 1860. The van der Waals surface area contributed by atoms with Crippen LogP contribution in [0, 0.1) is 10.4 Å². The Hall–Kier alpha value is -3.97. The van der Waals surface area contributed by atoms with Gasteiger partial charge in [0.05, 0.1) is 5.69 Å². The van der Waals surface area contributed by atoms with Crippen molar-refractivity contribution < 1.29 is 0 Å². The summed E-state index contributed by atoms with van der Waals surface area (Å²) in [7, 11) is 0. The first kappa shape index (κ1) is 19.5. The predicted octanol–water partition coefficient (Wildman–Crippen LogP) is 6.48. The van der Waals surface area contributed by atoms with E-state index in [9.17, 15) is 0 Å². The van der Waals surface area contributed by atoms with Crippen molar-refractivity contribution in [3.05, 3.63) is 122 Å². The van der Waals surface area contributed by atoms with Crippen molar-refractivity contribution in [2.75, 3.05) is 0 Å². The van der Waals surface area contributed by atoms with E-state index in [0.29, 0.717) is 0 Å². The lowest BCUT2D eigenvalue weighted by atomic mass is 9.86. The van der Waals surface area contributed by atoms with Gasteiger partial charge < -0.3 is 0 Å². The molecule has 0 atom stereocenters. The average Bonchev–Trinajstić information content (AvgIpc) is 3.53. The second kappa shape index (κ2) is 7.81. The molecular weight excluding hydrogens is 410 g/mol. The number of aliphatic imine (C=N–C) groups is 1. The first-order valence-corrected chi connectivity index (χ1v) is 12.3. The molecule has 1 heteroatoms. The maximum absolute atomic E-state index is 4.44. The Morgan fingerprint density at radius 2 is 1.44 bits per heavy atom. The first-order valence-electron chi connectivity index (χ1n) is 12.3. The zero-order valence-corrected chi connectivity index (χ0v) is 19.1. The van der Waals surface area contributed by atoms with Crippen LogP contribution >= 0.6 is 0 Å². The van der Waals surface area contributed by atoms with Crippen LogP contribution in [-0.4, -0.2) is 6.21 Å². The molecule has 0 saturated carbocycles. The molecular formula is C33H25N. The zero-order chi connectivity index (χ0) is 22.5. The van der Waals surface area contributed by atoms with Crippen LogP contribution in [0.15, 0.2) is 89.9 Å². The van der Waals surface area contributed by atoms with Crippen LogP contribution in [0.5, 0.6) is 0 Å². The number of rotatable bonds is 0. The normalized spacial score (nSPS) is 14.4. The molecule has 1 aliphatic heterocycles. The Labute approximate surface area is 198 Å². The van der Waals surface area contributed by atoms with Gasteiger partial charge >= 0.3 is 0 Å². The van der Waals surface area contributed by atoms with Gasteiger partial charge in [-0.1, -0.05) is 84.9 Å². The molecule has 1 nitrogen and oxygen atoms in total. The molecule has 0 unspecified atom stereocenters. The fraction of sp³-hybridized carbons (Fsp3) is 0.121. The van der Waals surface area contributed by atoms with E-state index in [0.717, 1.165) is 5.69 Å². The van der Waals surface area contributed by atoms with Gasteiger partial charge in [-0.2, -0.15) is 0 Å². The topological polar surface area (TPSA) is 12.4 Å². The number of nitrogens with zero attached hydrogens (tertiary/aromatic N) is 1.